The fourth-order valence-electron chi connectivity index (χ4n) is 2.10. The molecule has 1 saturated carbocycles. The second-order valence-electron chi connectivity index (χ2n) is 5.77. The molecule has 0 spiro atoms. The van der Waals surface area contributed by atoms with Crippen molar-refractivity contribution in [2.75, 3.05) is 0 Å². The highest BCUT2D eigenvalue weighted by Crippen LogP contribution is 2.40. The van der Waals surface area contributed by atoms with Crippen LogP contribution in [0.2, 0.25) is 0 Å². The maximum atomic E-state index is 11.9. The number of hydrogen-bond donors (Lipinski definition) is 3. The predicted octanol–water partition coefficient (Wildman–Crippen LogP) is 0.779. The van der Waals surface area contributed by atoms with Crippen molar-refractivity contribution in [2.45, 2.75) is 64.6 Å². The molecule has 0 aromatic rings. The van der Waals surface area contributed by atoms with E-state index in [1.807, 2.05) is 20.8 Å². The molecule has 0 aliphatic heterocycles. The maximum absolute atomic E-state index is 11.9. The van der Waals surface area contributed by atoms with Crippen molar-refractivity contribution in [1.82, 2.24) is 5.32 Å². The molecule has 3 unspecified atom stereocenters. The van der Waals surface area contributed by atoms with E-state index in [0.717, 1.165) is 6.42 Å². The normalized spacial score (nSPS) is 31.4. The van der Waals surface area contributed by atoms with Gasteiger partial charge < -0.3 is 16.2 Å². The van der Waals surface area contributed by atoms with Crippen LogP contribution in [0.3, 0.4) is 0 Å². The number of rotatable bonds is 4. The van der Waals surface area contributed by atoms with Crippen LogP contribution >= 0.6 is 0 Å². The molecule has 94 valence electrons. The Hall–Kier alpha value is -0.610. The van der Waals surface area contributed by atoms with E-state index in [4.69, 9.17) is 5.73 Å². The third-order valence-corrected chi connectivity index (χ3v) is 3.81. The second-order valence-corrected chi connectivity index (χ2v) is 5.77. The molecule has 1 rings (SSSR count). The summed E-state index contributed by atoms with van der Waals surface area (Å²) >= 11 is 0. The minimum atomic E-state index is -0.800. The van der Waals surface area contributed by atoms with Crippen molar-refractivity contribution < 1.29 is 9.90 Å². The molecular weight excluding hydrogens is 204 g/mol. The summed E-state index contributed by atoms with van der Waals surface area (Å²) in [7, 11) is 0. The molecule has 1 fully saturated rings. The van der Waals surface area contributed by atoms with Crippen molar-refractivity contribution in [3.8, 4) is 0 Å². The molecule has 0 bridgehead atoms. The first-order chi connectivity index (χ1) is 7.21. The zero-order valence-electron chi connectivity index (χ0n) is 10.7. The highest BCUT2D eigenvalue weighted by atomic mass is 16.3. The van der Waals surface area contributed by atoms with Crippen molar-refractivity contribution in [2.24, 2.45) is 11.1 Å². The van der Waals surface area contributed by atoms with E-state index in [9.17, 15) is 9.90 Å². The highest BCUT2D eigenvalue weighted by Gasteiger charge is 2.48. The fraction of sp³-hybridized carbons (Fsp3) is 0.917. The van der Waals surface area contributed by atoms with Gasteiger partial charge in [0.1, 0.15) is 0 Å². The molecule has 0 radical (unpaired) electrons. The van der Waals surface area contributed by atoms with Crippen LogP contribution < -0.4 is 11.1 Å². The first kappa shape index (κ1) is 13.5. The van der Waals surface area contributed by atoms with Crippen molar-refractivity contribution >= 4 is 5.91 Å². The maximum Gasteiger partial charge on any atom is 0.240 e. The summed E-state index contributed by atoms with van der Waals surface area (Å²) < 4.78 is 0. The number of amides is 1. The highest BCUT2D eigenvalue weighted by molar-refractivity contribution is 5.86. The van der Waals surface area contributed by atoms with Gasteiger partial charge in [-0.1, -0.05) is 27.2 Å². The van der Waals surface area contributed by atoms with Gasteiger partial charge in [0.25, 0.3) is 0 Å². The van der Waals surface area contributed by atoms with E-state index < -0.39 is 5.54 Å². The number of carbonyl (C=O) groups excluding carboxylic acids is 1. The quantitative estimate of drug-likeness (QED) is 0.665. The number of aliphatic hydroxyl groups is 1. The topological polar surface area (TPSA) is 75.4 Å². The largest absolute Gasteiger partial charge is 0.392 e. The molecule has 0 heterocycles. The van der Waals surface area contributed by atoms with Gasteiger partial charge in [-0.2, -0.15) is 0 Å². The second kappa shape index (κ2) is 4.34. The number of carbonyl (C=O) groups is 1. The Bertz CT molecular complexity index is 274. The predicted molar refractivity (Wildman–Crippen MR) is 63.8 cm³/mol. The lowest BCUT2D eigenvalue weighted by Gasteiger charge is -2.50. The molecule has 1 amide bonds. The molecule has 0 aromatic heterocycles. The van der Waals surface area contributed by atoms with Gasteiger partial charge in [0.15, 0.2) is 0 Å². The van der Waals surface area contributed by atoms with Gasteiger partial charge in [-0.3, -0.25) is 4.79 Å². The lowest BCUT2D eigenvalue weighted by Crippen LogP contribution is -2.65. The summed E-state index contributed by atoms with van der Waals surface area (Å²) in [6.07, 6.45) is 1.86. The lowest BCUT2D eigenvalue weighted by atomic mass is 9.64. The lowest BCUT2D eigenvalue weighted by molar-refractivity contribution is -0.134. The standard InChI is InChI=1S/C12H24N2O2/c1-5-6-12(4,13)10(16)14-8-7-9(15)11(8,2)3/h8-9,15H,5-7,13H2,1-4H3,(H,14,16). The monoisotopic (exact) mass is 228 g/mol. The summed E-state index contributed by atoms with van der Waals surface area (Å²) in [6, 6.07) is 0.0368. The van der Waals surface area contributed by atoms with E-state index in [2.05, 4.69) is 5.32 Å². The van der Waals surface area contributed by atoms with E-state index >= 15 is 0 Å². The van der Waals surface area contributed by atoms with Gasteiger partial charge >= 0.3 is 0 Å². The SMILES string of the molecule is CCCC(C)(N)C(=O)NC1CC(O)C1(C)C. The van der Waals surface area contributed by atoms with Gasteiger partial charge in [0, 0.05) is 11.5 Å². The number of nitrogens with two attached hydrogens (primary N) is 1. The number of nitrogens with one attached hydrogen (secondary N) is 1. The van der Waals surface area contributed by atoms with Gasteiger partial charge in [-0.15, -0.1) is 0 Å². The molecule has 0 aromatic carbocycles. The molecule has 4 nitrogen and oxygen atoms in total. The Labute approximate surface area is 97.6 Å². The van der Waals surface area contributed by atoms with Crippen LogP contribution in [0.25, 0.3) is 0 Å². The smallest absolute Gasteiger partial charge is 0.240 e. The molecule has 16 heavy (non-hydrogen) atoms. The Kier molecular flexibility index (Phi) is 3.65. The Morgan fingerprint density at radius 3 is 2.56 bits per heavy atom. The van der Waals surface area contributed by atoms with Crippen LogP contribution in [0.5, 0.6) is 0 Å². The van der Waals surface area contributed by atoms with Gasteiger partial charge in [-0.05, 0) is 19.8 Å². The van der Waals surface area contributed by atoms with Crippen molar-refractivity contribution in [1.29, 1.82) is 0 Å². The summed E-state index contributed by atoms with van der Waals surface area (Å²) in [6.45, 7) is 7.68. The minimum Gasteiger partial charge on any atom is -0.392 e. The molecule has 4 heteroatoms. The summed E-state index contributed by atoms with van der Waals surface area (Å²) in [4.78, 5) is 11.9. The van der Waals surface area contributed by atoms with Crippen LogP contribution in [0.4, 0.5) is 0 Å². The molecule has 4 N–H and O–H groups in total. The van der Waals surface area contributed by atoms with Crippen LogP contribution in [-0.4, -0.2) is 28.7 Å². The van der Waals surface area contributed by atoms with Crippen LogP contribution in [0.1, 0.15) is 47.0 Å². The van der Waals surface area contributed by atoms with E-state index in [1.54, 1.807) is 6.92 Å². The van der Waals surface area contributed by atoms with Gasteiger partial charge in [-0.25, -0.2) is 0 Å². The fourth-order valence-corrected chi connectivity index (χ4v) is 2.10. The summed E-state index contributed by atoms with van der Waals surface area (Å²) in [5.41, 5.74) is 4.91. The summed E-state index contributed by atoms with van der Waals surface area (Å²) in [5, 5.41) is 12.5. The van der Waals surface area contributed by atoms with Crippen LogP contribution in [0.15, 0.2) is 0 Å². The Morgan fingerprint density at radius 2 is 2.19 bits per heavy atom. The van der Waals surface area contributed by atoms with Crippen molar-refractivity contribution in [3.63, 3.8) is 0 Å². The molecule has 3 atom stereocenters. The average Bonchev–Trinajstić information content (AvgIpc) is 2.17. The summed E-state index contributed by atoms with van der Waals surface area (Å²) in [5.74, 6) is -0.112. The minimum absolute atomic E-state index is 0.0368. The third-order valence-electron chi connectivity index (χ3n) is 3.81. The van der Waals surface area contributed by atoms with Crippen LogP contribution in [0, 0.1) is 5.41 Å². The van der Waals surface area contributed by atoms with Gasteiger partial charge in [0.05, 0.1) is 11.6 Å². The van der Waals surface area contributed by atoms with E-state index in [1.165, 1.54) is 0 Å². The van der Waals surface area contributed by atoms with E-state index in [-0.39, 0.29) is 23.5 Å². The van der Waals surface area contributed by atoms with Crippen molar-refractivity contribution in [3.05, 3.63) is 0 Å². The first-order valence-corrected chi connectivity index (χ1v) is 5.99. The first-order valence-electron chi connectivity index (χ1n) is 5.99. The van der Waals surface area contributed by atoms with Crippen LogP contribution in [-0.2, 0) is 4.79 Å². The molecule has 1 aliphatic carbocycles. The molecule has 1 aliphatic rings. The zero-order valence-corrected chi connectivity index (χ0v) is 10.7. The number of aliphatic hydroxyl groups excluding tert-OH is 1. The molecular formula is C12H24N2O2. The number of hydrogen-bond acceptors (Lipinski definition) is 3. The molecule has 0 saturated heterocycles. The van der Waals surface area contributed by atoms with Gasteiger partial charge in [0.2, 0.25) is 5.91 Å². The van der Waals surface area contributed by atoms with E-state index in [0.29, 0.717) is 12.8 Å². The Balaban J connectivity index is 2.53. The third kappa shape index (κ3) is 2.38. The zero-order chi connectivity index (χ0) is 12.6. The average molecular weight is 228 g/mol. The Morgan fingerprint density at radius 1 is 1.62 bits per heavy atom.